The second-order valence-electron chi connectivity index (χ2n) is 6.43. The Labute approximate surface area is 135 Å². The number of nitrogens with zero attached hydrogens (tertiary/aromatic N) is 2. The lowest BCUT2D eigenvalue weighted by Crippen LogP contribution is -2.40. The first-order chi connectivity index (χ1) is 11.2. The Morgan fingerprint density at radius 3 is 2.87 bits per heavy atom. The van der Waals surface area contributed by atoms with Crippen molar-refractivity contribution in [2.75, 3.05) is 19.0 Å². The molecule has 6 heteroatoms. The molecule has 122 valence electrons. The van der Waals surface area contributed by atoms with Gasteiger partial charge in [-0.05, 0) is 37.7 Å². The summed E-state index contributed by atoms with van der Waals surface area (Å²) in [4.78, 5) is 8.97. The molecule has 0 aromatic carbocycles. The van der Waals surface area contributed by atoms with Gasteiger partial charge in [-0.25, -0.2) is 4.98 Å². The highest BCUT2D eigenvalue weighted by Gasteiger charge is 2.31. The van der Waals surface area contributed by atoms with Crippen molar-refractivity contribution < 1.29 is 9.47 Å². The van der Waals surface area contributed by atoms with Gasteiger partial charge < -0.3 is 20.5 Å². The average molecular weight is 314 g/mol. The van der Waals surface area contributed by atoms with E-state index in [1.54, 1.807) is 7.11 Å². The highest BCUT2D eigenvalue weighted by Crippen LogP contribution is 2.38. The van der Waals surface area contributed by atoms with Gasteiger partial charge in [0, 0.05) is 12.1 Å². The predicted molar refractivity (Wildman–Crippen MR) is 88.9 cm³/mol. The Balaban J connectivity index is 1.65. The van der Waals surface area contributed by atoms with Crippen LogP contribution in [0.3, 0.4) is 0 Å². The maximum absolute atomic E-state index is 6.36. The van der Waals surface area contributed by atoms with E-state index in [4.69, 9.17) is 15.2 Å². The third-order valence-electron chi connectivity index (χ3n) is 4.96. The predicted octanol–water partition coefficient (Wildman–Crippen LogP) is 2.33. The maximum Gasteiger partial charge on any atom is 0.213 e. The van der Waals surface area contributed by atoms with Crippen LogP contribution in [0, 0.1) is 5.92 Å². The number of methoxy groups -OCH3 is 1. The lowest BCUT2D eigenvalue weighted by Gasteiger charge is -2.36. The van der Waals surface area contributed by atoms with E-state index in [0.29, 0.717) is 17.8 Å². The lowest BCUT2D eigenvalue weighted by atomic mass is 9.82. The second-order valence-corrected chi connectivity index (χ2v) is 6.43. The van der Waals surface area contributed by atoms with Gasteiger partial charge in [0.15, 0.2) is 5.75 Å². The number of hydrogen-bond acceptors (Lipinski definition) is 6. The van der Waals surface area contributed by atoms with Crippen LogP contribution in [0.2, 0.25) is 0 Å². The number of nitrogens with one attached hydrogen (secondary N) is 1. The highest BCUT2D eigenvalue weighted by molar-refractivity contribution is 5.87. The van der Waals surface area contributed by atoms with Gasteiger partial charge in [0.25, 0.3) is 0 Å². The van der Waals surface area contributed by atoms with Crippen molar-refractivity contribution in [3.8, 4) is 11.6 Å². The third kappa shape index (κ3) is 2.67. The molecule has 0 bridgehead atoms. The number of nitrogens with two attached hydrogens (primary N) is 1. The van der Waals surface area contributed by atoms with E-state index in [9.17, 15) is 0 Å². The van der Waals surface area contributed by atoms with Crippen LogP contribution in [0.25, 0.3) is 11.0 Å². The van der Waals surface area contributed by atoms with E-state index in [2.05, 4.69) is 15.3 Å². The third-order valence-corrected chi connectivity index (χ3v) is 4.96. The zero-order valence-electron chi connectivity index (χ0n) is 13.3. The molecule has 2 aliphatic rings. The SMILES string of the molecule is COc1ccc2ncc3c(c2n1)OC([C@H]1CC[C@H](N)CC1)CN3. The molecule has 23 heavy (non-hydrogen) atoms. The van der Waals surface area contributed by atoms with E-state index in [0.717, 1.165) is 54.7 Å². The smallest absolute Gasteiger partial charge is 0.213 e. The molecule has 0 radical (unpaired) electrons. The van der Waals surface area contributed by atoms with Crippen molar-refractivity contribution in [1.82, 2.24) is 9.97 Å². The van der Waals surface area contributed by atoms with Gasteiger partial charge in [-0.15, -0.1) is 0 Å². The van der Waals surface area contributed by atoms with Gasteiger partial charge in [0.2, 0.25) is 5.88 Å². The number of ether oxygens (including phenoxy) is 2. The van der Waals surface area contributed by atoms with Crippen LogP contribution >= 0.6 is 0 Å². The van der Waals surface area contributed by atoms with E-state index < -0.39 is 0 Å². The van der Waals surface area contributed by atoms with Crippen LogP contribution in [-0.2, 0) is 0 Å². The maximum atomic E-state index is 6.36. The van der Waals surface area contributed by atoms with Crippen molar-refractivity contribution in [2.24, 2.45) is 11.7 Å². The molecule has 1 saturated carbocycles. The normalized spacial score (nSPS) is 27.0. The zero-order valence-corrected chi connectivity index (χ0v) is 13.3. The summed E-state index contributed by atoms with van der Waals surface area (Å²) in [6, 6.07) is 4.08. The molecule has 3 N–H and O–H groups in total. The molecule has 1 unspecified atom stereocenters. The van der Waals surface area contributed by atoms with Gasteiger partial charge in [-0.1, -0.05) is 0 Å². The van der Waals surface area contributed by atoms with Crippen molar-refractivity contribution in [2.45, 2.75) is 37.8 Å². The van der Waals surface area contributed by atoms with Crippen LogP contribution in [0.15, 0.2) is 18.3 Å². The summed E-state index contributed by atoms with van der Waals surface area (Å²) >= 11 is 0. The minimum Gasteiger partial charge on any atom is -0.484 e. The second kappa shape index (κ2) is 5.85. The molecule has 4 rings (SSSR count). The Kier molecular flexibility index (Phi) is 3.69. The van der Waals surface area contributed by atoms with Crippen LogP contribution in [0.5, 0.6) is 11.6 Å². The Bertz CT molecular complexity index is 708. The van der Waals surface area contributed by atoms with Gasteiger partial charge >= 0.3 is 0 Å². The molecule has 2 aromatic heterocycles. The first-order valence-corrected chi connectivity index (χ1v) is 8.24. The Morgan fingerprint density at radius 1 is 1.26 bits per heavy atom. The number of rotatable bonds is 2. The van der Waals surface area contributed by atoms with Crippen LogP contribution in [-0.4, -0.2) is 35.8 Å². The van der Waals surface area contributed by atoms with Crippen molar-refractivity contribution in [1.29, 1.82) is 0 Å². The van der Waals surface area contributed by atoms with E-state index in [1.165, 1.54) is 0 Å². The number of aromatic nitrogens is 2. The summed E-state index contributed by atoms with van der Waals surface area (Å²) < 4.78 is 11.6. The average Bonchev–Trinajstić information content (AvgIpc) is 2.61. The number of hydrogen-bond donors (Lipinski definition) is 2. The van der Waals surface area contributed by atoms with Crippen LogP contribution in [0.1, 0.15) is 25.7 Å². The van der Waals surface area contributed by atoms with E-state index in [1.807, 2.05) is 18.3 Å². The van der Waals surface area contributed by atoms with Gasteiger partial charge in [0.05, 0.1) is 31.1 Å². The molecule has 1 atom stereocenters. The zero-order chi connectivity index (χ0) is 15.8. The molecule has 1 fully saturated rings. The van der Waals surface area contributed by atoms with Crippen LogP contribution in [0.4, 0.5) is 5.69 Å². The Morgan fingerprint density at radius 2 is 2.09 bits per heavy atom. The molecule has 1 aliphatic carbocycles. The van der Waals surface area contributed by atoms with Crippen LogP contribution < -0.4 is 20.5 Å². The summed E-state index contributed by atoms with van der Waals surface area (Å²) in [5.41, 5.74) is 8.50. The topological polar surface area (TPSA) is 82.3 Å². The monoisotopic (exact) mass is 314 g/mol. The fraction of sp³-hybridized carbons (Fsp3) is 0.529. The molecule has 6 nitrogen and oxygen atoms in total. The van der Waals surface area contributed by atoms with E-state index in [-0.39, 0.29) is 6.10 Å². The summed E-state index contributed by atoms with van der Waals surface area (Å²) in [5, 5.41) is 3.45. The summed E-state index contributed by atoms with van der Waals surface area (Å²) in [6.45, 7) is 0.810. The fourth-order valence-corrected chi connectivity index (χ4v) is 3.57. The first-order valence-electron chi connectivity index (χ1n) is 8.24. The molecular formula is C17H22N4O2. The molecule has 0 saturated heterocycles. The molecule has 1 aliphatic heterocycles. The number of pyridine rings is 2. The molecule has 0 spiro atoms. The Hall–Kier alpha value is -2.08. The largest absolute Gasteiger partial charge is 0.484 e. The molecule has 0 amide bonds. The van der Waals surface area contributed by atoms with Gasteiger partial charge in [-0.2, -0.15) is 0 Å². The van der Waals surface area contributed by atoms with Crippen molar-refractivity contribution >= 4 is 16.7 Å². The van der Waals surface area contributed by atoms with Crippen molar-refractivity contribution in [3.05, 3.63) is 18.3 Å². The minimum atomic E-state index is 0.161. The highest BCUT2D eigenvalue weighted by atomic mass is 16.5. The molecule has 3 heterocycles. The van der Waals surface area contributed by atoms with E-state index >= 15 is 0 Å². The quantitative estimate of drug-likeness (QED) is 0.885. The first kappa shape index (κ1) is 14.5. The van der Waals surface area contributed by atoms with Gasteiger partial charge in [0.1, 0.15) is 11.6 Å². The molecule has 2 aromatic rings. The summed E-state index contributed by atoms with van der Waals surface area (Å²) in [6.07, 6.45) is 6.40. The lowest BCUT2D eigenvalue weighted by molar-refractivity contribution is 0.109. The standard InChI is InChI=1S/C17H22N4O2/c1-22-15-7-6-12-16(21-15)17-13(8-19-12)20-9-14(23-17)10-2-4-11(18)5-3-10/h6-8,10-11,14,20H,2-5,9,18H2,1H3/t10-,11-,14?. The summed E-state index contributed by atoms with van der Waals surface area (Å²) in [5.74, 6) is 1.91. The van der Waals surface area contributed by atoms with Crippen molar-refractivity contribution in [3.63, 3.8) is 0 Å². The fourth-order valence-electron chi connectivity index (χ4n) is 3.57. The van der Waals surface area contributed by atoms with Gasteiger partial charge in [-0.3, -0.25) is 4.98 Å². The summed E-state index contributed by atoms with van der Waals surface area (Å²) in [7, 11) is 1.62. The molecular weight excluding hydrogens is 292 g/mol. The minimum absolute atomic E-state index is 0.161. The number of anilines is 1. The number of fused-ring (bicyclic) bond motifs is 3.